The zero-order valence-corrected chi connectivity index (χ0v) is 72.9. The molecule has 640 valence electrons. The second-order valence-electron chi connectivity index (χ2n) is 35.6. The molecule has 2 aliphatic carbocycles. The molecule has 0 aromatic heterocycles. The Morgan fingerprint density at radius 1 is 0.482 bits per heavy atom. The van der Waals surface area contributed by atoms with Gasteiger partial charge in [-0.05, 0) is 159 Å². The van der Waals surface area contributed by atoms with E-state index in [1.165, 1.54) is 97.7 Å². The molecule has 0 bridgehead atoms. The maximum atomic E-state index is 16.0. The molecule has 4 fully saturated rings. The average Bonchev–Trinajstić information content (AvgIpc) is 0.818. The molecule has 30 nitrogen and oxygen atoms in total. The van der Waals surface area contributed by atoms with Crippen LogP contribution >= 0.6 is 0 Å². The molecule has 112 heavy (non-hydrogen) atoms. The molecule has 4 aliphatic rings. The van der Waals surface area contributed by atoms with Crippen molar-refractivity contribution in [1.82, 2.24) is 65.2 Å². The zero-order valence-electron chi connectivity index (χ0n) is 72.1. The summed E-state index contributed by atoms with van der Waals surface area (Å²) in [6.45, 7) is 25.9. The summed E-state index contributed by atoms with van der Waals surface area (Å²) in [6.07, 6.45) is 7.26. The van der Waals surface area contributed by atoms with E-state index in [0.717, 1.165) is 44.8 Å². The summed E-state index contributed by atoms with van der Waals surface area (Å²) in [5.41, 5.74) is -0.879. The SMILES string of the molecule is COC1CC(C[C@@H]2NC(=O)[C@H](CC(C)C)N(C)C(=O)[C@H](COC(C)(C)C)NC(=O)[C@H](CC3CCCCC3)N(C)C(=O)[C@H](CC(C)C)N(C)C(=O)[C@H](C)NC(=O)[C@H](CC(C)C)N(C)C(=O)CCCN(C)C(=O)C[C@@H](C(=O)N3CCCCC3)NC(=O)[C@H](CC(C)C)N(C)C(=O)[C@H](CC(C)C)N(C)C2=O)CCC1C(=O)NS(C)(=O)=O. The highest BCUT2D eigenvalue weighted by molar-refractivity contribution is 7.89. The maximum absolute atomic E-state index is 16.0. The Hall–Kier alpha value is -7.02. The Labute approximate surface area is 669 Å². The van der Waals surface area contributed by atoms with E-state index in [0.29, 0.717) is 25.9 Å². The van der Waals surface area contributed by atoms with Crippen molar-refractivity contribution in [2.45, 2.75) is 304 Å². The number of carbonyl (C=O) groups is 13. The minimum atomic E-state index is -3.97. The molecule has 0 spiro atoms. The highest BCUT2D eigenvalue weighted by Crippen LogP contribution is 2.36. The molecule has 2 aliphatic heterocycles. The Morgan fingerprint density at radius 3 is 1.41 bits per heavy atom. The lowest BCUT2D eigenvalue weighted by Gasteiger charge is -2.39. The molecule has 0 radical (unpaired) electrons. The number of nitrogens with one attached hydrogen (secondary N) is 5. The third-order valence-electron chi connectivity index (χ3n) is 22.5. The Kier molecular flexibility index (Phi) is 38.9. The highest BCUT2D eigenvalue weighted by Gasteiger charge is 2.46. The van der Waals surface area contributed by atoms with Crippen molar-refractivity contribution in [2.75, 3.05) is 88.9 Å². The van der Waals surface area contributed by atoms with Gasteiger partial charge in [0.1, 0.15) is 60.4 Å². The molecule has 13 atom stereocenters. The van der Waals surface area contributed by atoms with Gasteiger partial charge in [-0.25, -0.2) is 8.42 Å². The number of methoxy groups -OCH3 is 1. The van der Waals surface area contributed by atoms with Gasteiger partial charge in [0, 0.05) is 82.5 Å². The van der Waals surface area contributed by atoms with Crippen molar-refractivity contribution < 1.29 is 80.2 Å². The van der Waals surface area contributed by atoms with Crippen LogP contribution in [0.2, 0.25) is 0 Å². The lowest BCUT2D eigenvalue weighted by atomic mass is 9.76. The van der Waals surface area contributed by atoms with Gasteiger partial charge in [-0.1, -0.05) is 101 Å². The van der Waals surface area contributed by atoms with Crippen LogP contribution in [0.5, 0.6) is 0 Å². The molecule has 4 rings (SSSR count). The summed E-state index contributed by atoms with van der Waals surface area (Å²) in [7, 11) is 7.72. The fraction of sp³-hybridized carbons (Fsp3) is 0.840. The van der Waals surface area contributed by atoms with Crippen molar-refractivity contribution >= 4 is 86.8 Å². The normalized spacial score (nSPS) is 27.8. The lowest BCUT2D eigenvalue weighted by molar-refractivity contribution is -0.152. The van der Waals surface area contributed by atoms with E-state index in [1.807, 2.05) is 69.2 Å². The van der Waals surface area contributed by atoms with Gasteiger partial charge in [0.25, 0.3) is 0 Å². The first kappa shape index (κ1) is 97.3. The molecule has 3 unspecified atom stereocenters. The van der Waals surface area contributed by atoms with Crippen LogP contribution in [0.3, 0.4) is 0 Å². The molecule has 0 aromatic carbocycles. The highest BCUT2D eigenvalue weighted by atomic mass is 32.2. The minimum Gasteiger partial charge on any atom is -0.381 e. The van der Waals surface area contributed by atoms with Gasteiger partial charge >= 0.3 is 0 Å². The largest absolute Gasteiger partial charge is 0.381 e. The van der Waals surface area contributed by atoms with E-state index in [4.69, 9.17) is 9.47 Å². The Bertz CT molecular complexity index is 3300. The third-order valence-corrected chi connectivity index (χ3v) is 23.1. The summed E-state index contributed by atoms with van der Waals surface area (Å²) in [5, 5.41) is 11.7. The molecule has 2 saturated carbocycles. The lowest BCUT2D eigenvalue weighted by Crippen LogP contribution is -2.62. The first-order chi connectivity index (χ1) is 52.1. The van der Waals surface area contributed by atoms with E-state index in [-0.39, 0.29) is 119 Å². The topological polar surface area (TPSA) is 361 Å². The number of likely N-dealkylation sites (N-methyl/N-ethyl adjacent to an activating group) is 6. The standard InChI is InChI=1S/C81H143N13O17S/c1-49(2)39-61-71(98)82-54(11)75(102)92(20)65(42-52(7)8)79(106)91(19)64(45-55-31-26-24-27-32-55)74(101)85-60(48-111-81(12,13)14)77(104)89(17)62(40-50(3)4)72(99)83-58(44-56-34-35-57(67(46-56)110-22)70(97)86-112(23,108)109)76(103)93(21)66(43-53(9)10)80(107)90(18)63(41-51(5)6)73(100)84-59(78(105)94-37-28-25-29-38-94)47-69(96)87(15)36-30-33-68(95)88(61)16/h49-67H,24-48H2,1-23H3,(H,82,98)(H,83,99)(H,84,100)(H,85,101)(H,86,97)/t54-,56?,57?,58-,59-,60-,61-,62-,63-,64-,65-,66-,67?/m0/s1. The summed E-state index contributed by atoms with van der Waals surface area (Å²) in [4.78, 5) is 206. The molecule has 2 saturated heterocycles. The monoisotopic (exact) mass is 1600 g/mol. The maximum Gasteiger partial charge on any atom is 0.247 e. The van der Waals surface area contributed by atoms with Gasteiger partial charge in [-0.2, -0.15) is 0 Å². The molecular weight excluding hydrogens is 1460 g/mol. The predicted octanol–water partition coefficient (Wildman–Crippen LogP) is 5.48. The van der Waals surface area contributed by atoms with Gasteiger partial charge in [0.15, 0.2) is 0 Å². The van der Waals surface area contributed by atoms with Crippen LogP contribution < -0.4 is 26.0 Å². The van der Waals surface area contributed by atoms with Gasteiger partial charge < -0.3 is 69.9 Å². The summed E-state index contributed by atoms with van der Waals surface area (Å²) in [5.74, 6) is -10.8. The summed E-state index contributed by atoms with van der Waals surface area (Å²) < 4.78 is 38.9. The molecule has 2 heterocycles. The fourth-order valence-electron chi connectivity index (χ4n) is 15.9. The quantitative estimate of drug-likeness (QED) is 0.101. The van der Waals surface area contributed by atoms with Crippen molar-refractivity contribution in [3.63, 3.8) is 0 Å². The summed E-state index contributed by atoms with van der Waals surface area (Å²) in [6, 6.07) is -12.9. The molecular formula is C81H143N13O17S. The van der Waals surface area contributed by atoms with Crippen LogP contribution in [-0.4, -0.2) is 285 Å². The van der Waals surface area contributed by atoms with Crippen LogP contribution in [0.4, 0.5) is 0 Å². The van der Waals surface area contributed by atoms with E-state index in [2.05, 4.69) is 26.0 Å². The first-order valence-electron chi connectivity index (χ1n) is 41.1. The molecule has 31 heteroatoms. The van der Waals surface area contributed by atoms with Crippen molar-refractivity contribution in [2.24, 2.45) is 47.3 Å². The second kappa shape index (κ2) is 44.7. The fourth-order valence-corrected chi connectivity index (χ4v) is 16.4. The number of sulfonamides is 1. The Balaban J connectivity index is 2.01. The van der Waals surface area contributed by atoms with E-state index < -0.39 is 184 Å². The number of amides is 13. The molecule has 13 amide bonds. The van der Waals surface area contributed by atoms with Crippen molar-refractivity contribution in [3.05, 3.63) is 0 Å². The number of piperidine rings is 1. The van der Waals surface area contributed by atoms with Gasteiger partial charge in [0.2, 0.25) is 86.8 Å². The van der Waals surface area contributed by atoms with Crippen LogP contribution in [0.1, 0.15) is 232 Å². The smallest absolute Gasteiger partial charge is 0.247 e. The average molecular weight is 1600 g/mol. The number of hydrogen-bond acceptors (Lipinski definition) is 17. The van der Waals surface area contributed by atoms with Gasteiger partial charge in [-0.3, -0.25) is 67.1 Å². The zero-order chi connectivity index (χ0) is 84.7. The van der Waals surface area contributed by atoms with E-state index in [1.54, 1.807) is 25.7 Å². The van der Waals surface area contributed by atoms with Crippen LogP contribution in [0.15, 0.2) is 0 Å². The first-order valence-corrected chi connectivity index (χ1v) is 43.0. The number of likely N-dealkylation sites (tertiary alicyclic amines) is 1. The number of hydrogen-bond donors (Lipinski definition) is 5. The Morgan fingerprint density at radius 2 is 0.911 bits per heavy atom. The van der Waals surface area contributed by atoms with Crippen LogP contribution in [0.25, 0.3) is 0 Å². The number of ether oxygens (including phenoxy) is 2. The van der Waals surface area contributed by atoms with Crippen LogP contribution in [-0.2, 0) is 81.8 Å². The van der Waals surface area contributed by atoms with E-state index in [9.17, 15) is 37.2 Å². The van der Waals surface area contributed by atoms with Crippen LogP contribution in [0, 0.1) is 47.3 Å². The van der Waals surface area contributed by atoms with Gasteiger partial charge in [0.05, 0.1) is 36.9 Å². The second-order valence-corrected chi connectivity index (χ2v) is 37.4. The summed E-state index contributed by atoms with van der Waals surface area (Å²) >= 11 is 0. The molecule has 0 aromatic rings. The third kappa shape index (κ3) is 30.0. The predicted molar refractivity (Wildman–Crippen MR) is 428 cm³/mol. The number of nitrogens with zero attached hydrogens (tertiary/aromatic N) is 8. The van der Waals surface area contributed by atoms with Crippen molar-refractivity contribution in [3.8, 4) is 0 Å². The molecule has 5 N–H and O–H groups in total. The number of carbonyl (C=O) groups excluding carboxylic acids is 13. The van der Waals surface area contributed by atoms with Crippen molar-refractivity contribution in [1.29, 1.82) is 0 Å². The van der Waals surface area contributed by atoms with Gasteiger partial charge in [-0.15, -0.1) is 0 Å². The van der Waals surface area contributed by atoms with E-state index >= 15 is 33.6 Å². The number of rotatable bonds is 20. The minimum absolute atomic E-state index is 0.0169.